The number of carbonyl (C=O) groups is 1. The molecule has 2 unspecified atom stereocenters. The molecular formula is C18H19N5OS2. The van der Waals surface area contributed by atoms with Crippen molar-refractivity contribution in [3.63, 3.8) is 0 Å². The minimum Gasteiger partial charge on any atom is -0.347 e. The van der Waals surface area contributed by atoms with Crippen LogP contribution in [0.5, 0.6) is 0 Å². The molecule has 1 amide bonds. The van der Waals surface area contributed by atoms with E-state index in [1.54, 1.807) is 0 Å². The third kappa shape index (κ3) is 3.47. The number of hydrogen-bond acceptors (Lipinski definition) is 7. The van der Waals surface area contributed by atoms with Crippen LogP contribution in [-0.4, -0.2) is 46.2 Å². The van der Waals surface area contributed by atoms with Gasteiger partial charge in [0, 0.05) is 22.5 Å². The Labute approximate surface area is 160 Å². The van der Waals surface area contributed by atoms with E-state index >= 15 is 0 Å². The Morgan fingerprint density at radius 1 is 1.31 bits per heavy atom. The average molecular weight is 386 g/mol. The van der Waals surface area contributed by atoms with Gasteiger partial charge in [-0.15, -0.1) is 10.2 Å². The molecule has 0 saturated carbocycles. The number of fused-ring (bicyclic) bond motifs is 3. The van der Waals surface area contributed by atoms with Crippen molar-refractivity contribution in [2.75, 3.05) is 13.1 Å². The average Bonchev–Trinajstić information content (AvgIpc) is 3.13. The van der Waals surface area contributed by atoms with Crippen LogP contribution in [-0.2, 0) is 0 Å². The molecule has 3 saturated heterocycles. The van der Waals surface area contributed by atoms with Crippen LogP contribution >= 0.6 is 23.1 Å². The molecule has 2 atom stereocenters. The molecule has 2 aromatic rings. The van der Waals surface area contributed by atoms with Gasteiger partial charge in [-0.1, -0.05) is 23.1 Å². The number of carbonyl (C=O) groups excluding carboxylic acids is 1. The number of nitrogens with zero attached hydrogens (tertiary/aromatic N) is 4. The van der Waals surface area contributed by atoms with Crippen molar-refractivity contribution in [2.45, 2.75) is 41.1 Å². The first-order valence-corrected chi connectivity index (χ1v) is 10.3. The zero-order valence-corrected chi connectivity index (χ0v) is 16.0. The summed E-state index contributed by atoms with van der Waals surface area (Å²) in [6.45, 7) is 4.53. The van der Waals surface area contributed by atoms with E-state index in [0.717, 1.165) is 22.3 Å². The number of aromatic nitrogens is 2. The number of benzene rings is 1. The quantitative estimate of drug-likeness (QED) is 0.871. The van der Waals surface area contributed by atoms with Crippen LogP contribution in [0.4, 0.5) is 0 Å². The fourth-order valence-corrected chi connectivity index (χ4v) is 5.47. The molecule has 0 aliphatic carbocycles. The van der Waals surface area contributed by atoms with Crippen molar-refractivity contribution in [2.24, 2.45) is 5.92 Å². The van der Waals surface area contributed by atoms with E-state index in [9.17, 15) is 4.79 Å². The fraction of sp³-hybridized carbons (Fsp3) is 0.444. The number of hydrogen-bond donors (Lipinski definition) is 1. The van der Waals surface area contributed by atoms with Gasteiger partial charge >= 0.3 is 0 Å². The monoisotopic (exact) mass is 385 g/mol. The number of nitriles is 1. The molecule has 6 nitrogen and oxygen atoms in total. The summed E-state index contributed by atoms with van der Waals surface area (Å²) < 4.78 is 0.722. The first kappa shape index (κ1) is 17.5. The largest absolute Gasteiger partial charge is 0.347 e. The van der Waals surface area contributed by atoms with Gasteiger partial charge in [0.1, 0.15) is 6.07 Å². The topological polar surface area (TPSA) is 81.9 Å². The van der Waals surface area contributed by atoms with Crippen molar-refractivity contribution < 1.29 is 4.79 Å². The molecule has 4 heterocycles. The maximum Gasteiger partial charge on any atom is 0.251 e. The van der Waals surface area contributed by atoms with Gasteiger partial charge in [-0.3, -0.25) is 9.69 Å². The second-order valence-electron chi connectivity index (χ2n) is 6.72. The zero-order chi connectivity index (χ0) is 18.1. The SMILES string of the molecule is CC1C(NC(=O)c2ccc(Sc3nnc(C#N)s3)cc2)C2CCN1CC2. The van der Waals surface area contributed by atoms with Gasteiger partial charge in [0.25, 0.3) is 5.91 Å². The van der Waals surface area contributed by atoms with Crippen LogP contribution in [0.2, 0.25) is 0 Å². The van der Waals surface area contributed by atoms with E-state index < -0.39 is 0 Å². The first-order chi connectivity index (χ1) is 12.6. The molecule has 3 aliphatic rings. The molecule has 8 heteroatoms. The van der Waals surface area contributed by atoms with Crippen molar-refractivity contribution in [3.05, 3.63) is 34.8 Å². The van der Waals surface area contributed by atoms with Crippen LogP contribution < -0.4 is 5.32 Å². The lowest BCUT2D eigenvalue weighted by Crippen LogP contribution is -2.62. The zero-order valence-electron chi connectivity index (χ0n) is 14.4. The maximum atomic E-state index is 12.7. The lowest BCUT2D eigenvalue weighted by Gasteiger charge is -2.49. The van der Waals surface area contributed by atoms with E-state index in [4.69, 9.17) is 5.26 Å². The van der Waals surface area contributed by atoms with Crippen LogP contribution in [0.15, 0.2) is 33.5 Å². The van der Waals surface area contributed by atoms with Crippen LogP contribution in [0, 0.1) is 17.2 Å². The van der Waals surface area contributed by atoms with Crippen molar-refractivity contribution in [3.8, 4) is 6.07 Å². The van der Waals surface area contributed by atoms with Crippen LogP contribution in [0.25, 0.3) is 0 Å². The third-order valence-corrected chi connectivity index (χ3v) is 7.19. The van der Waals surface area contributed by atoms with E-state index in [0.29, 0.717) is 22.5 Å². The molecule has 3 fully saturated rings. The predicted molar refractivity (Wildman–Crippen MR) is 100 cm³/mol. The lowest BCUT2D eigenvalue weighted by molar-refractivity contribution is 0.0217. The summed E-state index contributed by atoms with van der Waals surface area (Å²) >= 11 is 2.71. The summed E-state index contributed by atoms with van der Waals surface area (Å²) in [5.74, 6) is 0.593. The Hall–Kier alpha value is -1.95. The van der Waals surface area contributed by atoms with Gasteiger partial charge < -0.3 is 5.32 Å². The molecule has 1 N–H and O–H groups in total. The van der Waals surface area contributed by atoms with E-state index in [1.165, 1.54) is 35.9 Å². The van der Waals surface area contributed by atoms with E-state index in [2.05, 4.69) is 27.3 Å². The number of nitrogens with one attached hydrogen (secondary N) is 1. The second-order valence-corrected chi connectivity index (χ2v) is 9.02. The molecule has 0 radical (unpaired) electrons. The Morgan fingerprint density at radius 2 is 2.04 bits per heavy atom. The maximum absolute atomic E-state index is 12.7. The standard InChI is InChI=1S/C18H19N5OS2/c1-11-16(12-6-8-23(11)9-7-12)20-17(24)13-2-4-14(5-3-13)25-18-22-21-15(10-19)26-18/h2-5,11-12,16H,6-9H2,1H3,(H,20,24). The molecule has 3 aliphatic heterocycles. The van der Waals surface area contributed by atoms with Gasteiger partial charge in [-0.05, 0) is 63.0 Å². The minimum atomic E-state index is -0.00479. The second kappa shape index (κ2) is 7.35. The van der Waals surface area contributed by atoms with Crippen molar-refractivity contribution in [1.82, 2.24) is 20.4 Å². The number of piperidine rings is 3. The predicted octanol–water partition coefficient (Wildman–Crippen LogP) is 2.77. The van der Waals surface area contributed by atoms with Gasteiger partial charge in [0.05, 0.1) is 0 Å². The normalized spacial score (nSPS) is 27.1. The summed E-state index contributed by atoms with van der Waals surface area (Å²) in [5, 5.41) is 20.2. The van der Waals surface area contributed by atoms with Crippen LogP contribution in [0.1, 0.15) is 35.1 Å². The molecule has 5 rings (SSSR count). The Balaban J connectivity index is 1.40. The van der Waals surface area contributed by atoms with Gasteiger partial charge in [-0.25, -0.2) is 0 Å². The highest BCUT2D eigenvalue weighted by Gasteiger charge is 2.40. The smallest absolute Gasteiger partial charge is 0.251 e. The fourth-order valence-electron chi connectivity index (χ4n) is 3.85. The Kier molecular flexibility index (Phi) is 4.94. The molecule has 0 spiro atoms. The van der Waals surface area contributed by atoms with Gasteiger partial charge in [0.2, 0.25) is 5.01 Å². The first-order valence-electron chi connectivity index (χ1n) is 8.70. The summed E-state index contributed by atoms with van der Waals surface area (Å²) in [5.41, 5.74) is 0.674. The van der Waals surface area contributed by atoms with E-state index in [1.807, 2.05) is 30.3 Å². The molecular weight excluding hydrogens is 366 g/mol. The third-order valence-electron chi connectivity index (χ3n) is 5.30. The molecule has 134 valence electrons. The molecule has 1 aromatic heterocycles. The molecule has 26 heavy (non-hydrogen) atoms. The highest BCUT2D eigenvalue weighted by molar-refractivity contribution is 8.01. The summed E-state index contributed by atoms with van der Waals surface area (Å²) in [4.78, 5) is 16.1. The van der Waals surface area contributed by atoms with Crippen molar-refractivity contribution >= 4 is 29.0 Å². The van der Waals surface area contributed by atoms with E-state index in [-0.39, 0.29) is 11.9 Å². The summed E-state index contributed by atoms with van der Waals surface area (Å²) in [7, 11) is 0. The Bertz CT molecular complexity index is 834. The van der Waals surface area contributed by atoms with Gasteiger partial charge in [0.15, 0.2) is 4.34 Å². The van der Waals surface area contributed by atoms with Crippen molar-refractivity contribution in [1.29, 1.82) is 5.26 Å². The Morgan fingerprint density at radius 3 is 2.65 bits per heavy atom. The molecule has 2 bridgehead atoms. The minimum absolute atomic E-state index is 0.00479. The highest BCUT2D eigenvalue weighted by Crippen LogP contribution is 2.33. The number of rotatable bonds is 4. The summed E-state index contributed by atoms with van der Waals surface area (Å²) in [6.07, 6.45) is 2.36. The lowest BCUT2D eigenvalue weighted by atomic mass is 9.79. The highest BCUT2D eigenvalue weighted by atomic mass is 32.2. The molecule has 1 aromatic carbocycles. The summed E-state index contributed by atoms with van der Waals surface area (Å²) in [6, 6.07) is 10.1. The number of amides is 1. The van der Waals surface area contributed by atoms with Crippen LogP contribution in [0.3, 0.4) is 0 Å². The van der Waals surface area contributed by atoms with Gasteiger partial charge in [-0.2, -0.15) is 5.26 Å².